The van der Waals surface area contributed by atoms with Crippen molar-refractivity contribution < 1.29 is 23.9 Å². The second-order valence-electron chi connectivity index (χ2n) is 6.25. The van der Waals surface area contributed by atoms with E-state index >= 15 is 0 Å². The van der Waals surface area contributed by atoms with Gasteiger partial charge in [-0.15, -0.1) is 11.3 Å². The van der Waals surface area contributed by atoms with Crippen LogP contribution < -0.4 is 0 Å². The predicted molar refractivity (Wildman–Crippen MR) is 108 cm³/mol. The number of aryl methyl sites for hydroxylation is 1. The maximum atomic E-state index is 12.5. The average Bonchev–Trinajstić information content (AvgIpc) is 3.32. The van der Waals surface area contributed by atoms with Crippen molar-refractivity contribution in [2.75, 3.05) is 13.2 Å². The minimum atomic E-state index is -0.677. The molecule has 7 nitrogen and oxygen atoms in total. The van der Waals surface area contributed by atoms with Gasteiger partial charge in [0, 0.05) is 16.6 Å². The maximum Gasteiger partial charge on any atom is 0.358 e. The van der Waals surface area contributed by atoms with E-state index in [1.54, 1.807) is 26.2 Å². The zero-order valence-corrected chi connectivity index (χ0v) is 17.1. The minimum Gasteiger partial charge on any atom is -0.462 e. The number of carbonyl (C=O) groups is 3. The number of aromatic amines is 1. The molecule has 0 saturated carbocycles. The van der Waals surface area contributed by atoms with Crippen LogP contribution in [0.3, 0.4) is 0 Å². The summed E-state index contributed by atoms with van der Waals surface area (Å²) in [4.78, 5) is 44.0. The van der Waals surface area contributed by atoms with Gasteiger partial charge in [-0.25, -0.2) is 14.6 Å². The van der Waals surface area contributed by atoms with Crippen molar-refractivity contribution in [1.29, 1.82) is 0 Å². The lowest BCUT2D eigenvalue weighted by Crippen LogP contribution is -2.16. The van der Waals surface area contributed by atoms with E-state index in [1.807, 2.05) is 30.3 Å². The summed E-state index contributed by atoms with van der Waals surface area (Å²) in [7, 11) is 0. The molecule has 0 atom stereocenters. The van der Waals surface area contributed by atoms with Crippen LogP contribution in [0.5, 0.6) is 0 Å². The van der Waals surface area contributed by atoms with Crippen LogP contribution in [-0.2, 0) is 9.47 Å². The lowest BCUT2D eigenvalue weighted by molar-refractivity contribution is 0.0467. The quantitative estimate of drug-likeness (QED) is 0.466. The standard InChI is InChI=1S/C21H20N2O5S/c1-4-27-21(26)17-12(2)18(22-13(17)3)16(24)10-28-20(25)15-11-29-19(23-15)14-8-6-5-7-9-14/h5-9,11,22H,4,10H2,1-3H3. The second kappa shape index (κ2) is 8.83. The molecule has 1 N–H and O–H groups in total. The Labute approximate surface area is 171 Å². The normalized spacial score (nSPS) is 10.6. The fraction of sp³-hybridized carbons (Fsp3) is 0.238. The molecule has 8 heteroatoms. The van der Waals surface area contributed by atoms with E-state index in [1.165, 1.54) is 11.3 Å². The number of hydrogen-bond acceptors (Lipinski definition) is 7. The number of ketones is 1. The van der Waals surface area contributed by atoms with Crippen LogP contribution in [0.4, 0.5) is 0 Å². The molecule has 0 unspecified atom stereocenters. The molecule has 0 radical (unpaired) electrons. The van der Waals surface area contributed by atoms with E-state index in [4.69, 9.17) is 9.47 Å². The number of thiazole rings is 1. The molecule has 0 fully saturated rings. The van der Waals surface area contributed by atoms with Gasteiger partial charge in [0.05, 0.1) is 17.9 Å². The van der Waals surface area contributed by atoms with Crippen LogP contribution in [0.15, 0.2) is 35.7 Å². The third kappa shape index (κ3) is 4.43. The fourth-order valence-electron chi connectivity index (χ4n) is 2.90. The van der Waals surface area contributed by atoms with Crippen molar-refractivity contribution >= 4 is 29.1 Å². The molecule has 1 aromatic carbocycles. The SMILES string of the molecule is CCOC(=O)c1c(C)[nH]c(C(=O)COC(=O)c2csc(-c3ccccc3)n2)c1C. The van der Waals surface area contributed by atoms with E-state index < -0.39 is 24.3 Å². The number of nitrogens with zero attached hydrogens (tertiary/aromatic N) is 1. The highest BCUT2D eigenvalue weighted by Gasteiger charge is 2.24. The Morgan fingerprint density at radius 1 is 1.07 bits per heavy atom. The molecule has 150 valence electrons. The number of esters is 2. The van der Waals surface area contributed by atoms with Crippen molar-refractivity contribution in [1.82, 2.24) is 9.97 Å². The number of Topliss-reactive ketones (excluding diaryl/α,β-unsaturated/α-hetero) is 1. The van der Waals surface area contributed by atoms with Gasteiger partial charge in [0.15, 0.2) is 12.3 Å². The molecule has 0 spiro atoms. The Hall–Kier alpha value is -3.26. The van der Waals surface area contributed by atoms with Crippen LogP contribution in [-0.4, -0.2) is 40.9 Å². The molecule has 0 amide bonds. The van der Waals surface area contributed by atoms with E-state index in [2.05, 4.69) is 9.97 Å². The van der Waals surface area contributed by atoms with Crippen molar-refractivity contribution in [2.45, 2.75) is 20.8 Å². The van der Waals surface area contributed by atoms with Crippen LogP contribution in [0.2, 0.25) is 0 Å². The molecule has 0 bridgehead atoms. The molecule has 0 aliphatic carbocycles. The minimum absolute atomic E-state index is 0.147. The van der Waals surface area contributed by atoms with Gasteiger partial charge in [0.2, 0.25) is 5.78 Å². The molecule has 2 heterocycles. The van der Waals surface area contributed by atoms with E-state index in [0.717, 1.165) is 5.56 Å². The Kier molecular flexibility index (Phi) is 6.23. The molecular formula is C21H20N2O5S. The molecule has 0 aliphatic rings. The summed E-state index contributed by atoms with van der Waals surface area (Å²) in [6, 6.07) is 9.47. The van der Waals surface area contributed by atoms with Gasteiger partial charge in [-0.3, -0.25) is 4.79 Å². The maximum absolute atomic E-state index is 12.5. The van der Waals surface area contributed by atoms with Crippen molar-refractivity contribution in [3.05, 3.63) is 63.9 Å². The van der Waals surface area contributed by atoms with Gasteiger partial charge in [-0.05, 0) is 26.3 Å². The first-order chi connectivity index (χ1) is 13.9. The smallest absolute Gasteiger partial charge is 0.358 e. The third-order valence-electron chi connectivity index (χ3n) is 4.26. The fourth-order valence-corrected chi connectivity index (χ4v) is 3.69. The van der Waals surface area contributed by atoms with E-state index in [9.17, 15) is 14.4 Å². The van der Waals surface area contributed by atoms with Gasteiger partial charge >= 0.3 is 11.9 Å². The van der Waals surface area contributed by atoms with Gasteiger partial charge in [-0.2, -0.15) is 0 Å². The summed E-state index contributed by atoms with van der Waals surface area (Å²) >= 11 is 1.32. The van der Waals surface area contributed by atoms with Gasteiger partial charge < -0.3 is 14.5 Å². The van der Waals surface area contributed by atoms with Gasteiger partial charge in [0.1, 0.15) is 5.01 Å². The number of ether oxygens (including phenoxy) is 2. The van der Waals surface area contributed by atoms with Crippen LogP contribution >= 0.6 is 11.3 Å². The summed E-state index contributed by atoms with van der Waals surface area (Å²) in [5, 5.41) is 2.29. The highest BCUT2D eigenvalue weighted by atomic mass is 32.1. The molecule has 3 rings (SSSR count). The third-order valence-corrected chi connectivity index (χ3v) is 5.16. The summed E-state index contributed by atoms with van der Waals surface area (Å²) in [5.41, 5.74) is 2.60. The molecule has 0 saturated heterocycles. The summed E-state index contributed by atoms with van der Waals surface area (Å²) in [6.45, 7) is 4.82. The first-order valence-corrected chi connectivity index (χ1v) is 9.87. The molecule has 29 heavy (non-hydrogen) atoms. The summed E-state index contributed by atoms with van der Waals surface area (Å²) < 4.78 is 10.1. The number of carbonyl (C=O) groups excluding carboxylic acids is 3. The van der Waals surface area contributed by atoms with Crippen LogP contribution in [0.25, 0.3) is 10.6 Å². The van der Waals surface area contributed by atoms with E-state index in [0.29, 0.717) is 21.8 Å². The first kappa shape index (κ1) is 20.5. The second-order valence-corrected chi connectivity index (χ2v) is 7.11. The Morgan fingerprint density at radius 3 is 2.48 bits per heavy atom. The van der Waals surface area contributed by atoms with Crippen molar-refractivity contribution in [2.24, 2.45) is 0 Å². The van der Waals surface area contributed by atoms with E-state index in [-0.39, 0.29) is 18.0 Å². The molecule has 0 aliphatic heterocycles. The number of nitrogens with one attached hydrogen (secondary N) is 1. The monoisotopic (exact) mass is 412 g/mol. The highest BCUT2D eigenvalue weighted by Crippen LogP contribution is 2.24. The van der Waals surface area contributed by atoms with Gasteiger partial charge in [0.25, 0.3) is 0 Å². The topological polar surface area (TPSA) is 98.4 Å². The average molecular weight is 412 g/mol. The van der Waals surface area contributed by atoms with Crippen molar-refractivity contribution in [3.63, 3.8) is 0 Å². The number of hydrogen-bond donors (Lipinski definition) is 1. The Morgan fingerprint density at radius 2 is 1.79 bits per heavy atom. The van der Waals surface area contributed by atoms with Crippen LogP contribution in [0, 0.1) is 13.8 Å². The summed E-state index contributed by atoms with van der Waals surface area (Å²) in [5.74, 6) is -1.61. The molecule has 2 aromatic heterocycles. The lowest BCUT2D eigenvalue weighted by atomic mass is 10.1. The largest absolute Gasteiger partial charge is 0.462 e. The zero-order chi connectivity index (χ0) is 21.0. The highest BCUT2D eigenvalue weighted by molar-refractivity contribution is 7.13. The first-order valence-electron chi connectivity index (χ1n) is 9.00. The van der Waals surface area contributed by atoms with Crippen molar-refractivity contribution in [3.8, 4) is 10.6 Å². The molecular weight excluding hydrogens is 392 g/mol. The van der Waals surface area contributed by atoms with Gasteiger partial charge in [-0.1, -0.05) is 30.3 Å². The number of aromatic nitrogens is 2. The lowest BCUT2D eigenvalue weighted by Gasteiger charge is -2.04. The Bertz CT molecular complexity index is 1050. The predicted octanol–water partition coefficient (Wildman–Crippen LogP) is 3.97. The number of benzene rings is 1. The zero-order valence-electron chi connectivity index (χ0n) is 16.3. The number of H-pyrrole nitrogens is 1. The van der Waals surface area contributed by atoms with Crippen LogP contribution in [0.1, 0.15) is 49.5 Å². The summed E-state index contributed by atoms with van der Waals surface area (Å²) in [6.07, 6.45) is 0. The molecule has 3 aromatic rings. The Balaban J connectivity index is 1.67. The number of rotatable bonds is 7.